The van der Waals surface area contributed by atoms with Gasteiger partial charge in [-0.1, -0.05) is 28.1 Å². The van der Waals surface area contributed by atoms with Crippen molar-refractivity contribution >= 4 is 28.1 Å². The van der Waals surface area contributed by atoms with E-state index in [0.29, 0.717) is 0 Å². The van der Waals surface area contributed by atoms with Crippen molar-refractivity contribution in [2.75, 3.05) is 0 Å². The molecule has 3 rings (SSSR count). The Labute approximate surface area is 173 Å². The second-order valence-corrected chi connectivity index (χ2v) is 6.82. The fraction of sp³-hybridized carbons (Fsp3) is 0.0500. The molecule has 0 aliphatic carbocycles. The number of nitrogens with zero attached hydrogens (tertiary/aromatic N) is 4. The van der Waals surface area contributed by atoms with Crippen molar-refractivity contribution < 1.29 is 9.18 Å². The summed E-state index contributed by atoms with van der Waals surface area (Å²) in [6, 6.07) is 14.0. The quantitative estimate of drug-likeness (QED) is 0.484. The topological polar surface area (TPSA) is 100 Å². The molecule has 0 radical (unpaired) electrons. The predicted molar refractivity (Wildman–Crippen MR) is 108 cm³/mol. The van der Waals surface area contributed by atoms with Gasteiger partial charge < -0.3 is 0 Å². The average Bonchev–Trinajstić information content (AvgIpc) is 2.71. The lowest BCUT2D eigenvalue weighted by Gasteiger charge is -2.10. The Morgan fingerprint density at radius 1 is 1.24 bits per heavy atom. The maximum Gasteiger partial charge on any atom is 0.292 e. The minimum atomic E-state index is -0.702. The number of hydrogen-bond acceptors (Lipinski definition) is 5. The van der Waals surface area contributed by atoms with Crippen molar-refractivity contribution in [3.63, 3.8) is 0 Å². The average molecular weight is 454 g/mol. The molecule has 0 aliphatic rings. The Balaban J connectivity index is 1.95. The van der Waals surface area contributed by atoms with Crippen LogP contribution in [0.4, 0.5) is 4.39 Å². The summed E-state index contributed by atoms with van der Waals surface area (Å²) in [6.45, 7) is 1.45. The number of nitrogens with one attached hydrogen (secondary N) is 1. The summed E-state index contributed by atoms with van der Waals surface area (Å²) in [7, 11) is 0. The van der Waals surface area contributed by atoms with Crippen LogP contribution in [0.5, 0.6) is 0 Å². The molecular formula is C20H13BrFN5O2. The molecule has 2 aromatic carbocycles. The summed E-state index contributed by atoms with van der Waals surface area (Å²) in [4.78, 5) is 25.1. The van der Waals surface area contributed by atoms with E-state index < -0.39 is 17.3 Å². The van der Waals surface area contributed by atoms with Crippen LogP contribution in [0.3, 0.4) is 0 Å². The van der Waals surface area contributed by atoms with Crippen molar-refractivity contribution in [2.24, 2.45) is 5.10 Å². The van der Waals surface area contributed by atoms with Gasteiger partial charge in [-0.2, -0.15) is 20.1 Å². The summed E-state index contributed by atoms with van der Waals surface area (Å²) >= 11 is 3.33. The molecule has 0 aliphatic heterocycles. The summed E-state index contributed by atoms with van der Waals surface area (Å²) in [5.41, 5.74) is 2.37. The second kappa shape index (κ2) is 8.58. The number of carbonyl (C=O) groups is 1. The van der Waals surface area contributed by atoms with E-state index in [1.807, 2.05) is 12.1 Å². The smallest absolute Gasteiger partial charge is 0.266 e. The lowest BCUT2D eigenvalue weighted by atomic mass is 10.1. The summed E-state index contributed by atoms with van der Waals surface area (Å²) < 4.78 is 15.0. The molecule has 1 amide bonds. The van der Waals surface area contributed by atoms with Crippen molar-refractivity contribution in [3.8, 4) is 11.8 Å². The molecule has 0 saturated carbocycles. The number of amides is 1. The Morgan fingerprint density at radius 2 is 1.90 bits per heavy atom. The maximum absolute atomic E-state index is 13.2. The second-order valence-electron chi connectivity index (χ2n) is 5.90. The molecule has 9 heteroatoms. The first-order valence-electron chi connectivity index (χ1n) is 8.29. The Bertz CT molecular complexity index is 1200. The number of rotatable bonds is 4. The molecule has 0 saturated heterocycles. The molecule has 29 heavy (non-hydrogen) atoms. The van der Waals surface area contributed by atoms with Crippen LogP contribution in [0.15, 0.2) is 62.9 Å². The van der Waals surface area contributed by atoms with Crippen LogP contribution < -0.4 is 11.0 Å². The van der Waals surface area contributed by atoms with E-state index in [9.17, 15) is 19.2 Å². The molecule has 0 bridgehead atoms. The van der Waals surface area contributed by atoms with Gasteiger partial charge in [-0.15, -0.1) is 0 Å². The summed E-state index contributed by atoms with van der Waals surface area (Å²) in [5, 5.41) is 17.3. The van der Waals surface area contributed by atoms with Crippen LogP contribution >= 0.6 is 15.9 Å². The molecule has 0 atom stereocenters. The molecule has 0 fully saturated rings. The van der Waals surface area contributed by atoms with Gasteiger partial charge in [0, 0.05) is 10.0 Å². The number of carbonyl (C=O) groups excluding carboxylic acids is 1. The fourth-order valence-corrected chi connectivity index (χ4v) is 2.74. The minimum absolute atomic E-state index is 0.132. The highest BCUT2D eigenvalue weighted by Crippen LogP contribution is 2.12. The number of halogens is 2. The van der Waals surface area contributed by atoms with E-state index in [1.54, 1.807) is 18.2 Å². The van der Waals surface area contributed by atoms with Crippen LogP contribution in [-0.2, 0) is 0 Å². The molecule has 1 N–H and O–H groups in total. The van der Waals surface area contributed by atoms with Crippen molar-refractivity contribution in [1.82, 2.24) is 15.2 Å². The monoisotopic (exact) mass is 453 g/mol. The lowest BCUT2D eigenvalue weighted by molar-refractivity contribution is 0.0947. The van der Waals surface area contributed by atoms with Crippen LogP contribution in [0.1, 0.15) is 27.2 Å². The number of hydrazone groups is 1. The molecule has 1 aromatic heterocycles. The number of aromatic nitrogens is 2. The Hall–Kier alpha value is -3.64. The van der Waals surface area contributed by atoms with Crippen LogP contribution in [0, 0.1) is 24.1 Å². The van der Waals surface area contributed by atoms with Gasteiger partial charge in [0.25, 0.3) is 11.5 Å². The van der Waals surface area contributed by atoms with Crippen molar-refractivity contribution in [3.05, 3.63) is 91.6 Å². The third kappa shape index (κ3) is 4.44. The SMILES string of the molecule is Cc1c(C(=O)N/N=C/c2ccc(Br)cc2)nn(-c2ccc(F)cc2)c(=O)c1C#N. The van der Waals surface area contributed by atoms with Crippen LogP contribution in [0.25, 0.3) is 5.69 Å². The third-order valence-corrected chi connectivity index (χ3v) is 4.51. The van der Waals surface area contributed by atoms with Gasteiger partial charge in [-0.05, 0) is 48.9 Å². The van der Waals surface area contributed by atoms with E-state index in [2.05, 4.69) is 31.6 Å². The molecule has 7 nitrogen and oxygen atoms in total. The normalized spacial score (nSPS) is 10.7. The molecule has 144 valence electrons. The number of hydrogen-bond donors (Lipinski definition) is 1. The summed E-state index contributed by atoms with van der Waals surface area (Å²) in [5.74, 6) is -1.18. The molecule has 0 spiro atoms. The highest BCUT2D eigenvalue weighted by molar-refractivity contribution is 9.10. The minimum Gasteiger partial charge on any atom is -0.266 e. The van der Waals surface area contributed by atoms with Crippen LogP contribution in [-0.4, -0.2) is 21.9 Å². The predicted octanol–water partition coefficient (Wildman–Crippen LogP) is 3.08. The maximum atomic E-state index is 13.2. The zero-order valence-electron chi connectivity index (χ0n) is 15.1. The highest BCUT2D eigenvalue weighted by atomic mass is 79.9. The molecule has 0 unspecified atom stereocenters. The standard InChI is InChI=1S/C20H13BrFN5O2/c1-12-17(10-23)20(29)27(16-8-6-15(22)7-9-16)26-18(12)19(28)25-24-11-13-2-4-14(21)5-3-13/h2-9,11H,1H3,(H,25,28)/b24-11+. The summed E-state index contributed by atoms with van der Waals surface area (Å²) in [6.07, 6.45) is 1.45. The molecule has 1 heterocycles. The van der Waals surface area contributed by atoms with Gasteiger partial charge in [0.2, 0.25) is 0 Å². The van der Waals surface area contributed by atoms with Crippen molar-refractivity contribution in [1.29, 1.82) is 5.26 Å². The van der Waals surface area contributed by atoms with E-state index in [-0.39, 0.29) is 22.5 Å². The largest absolute Gasteiger partial charge is 0.292 e. The first-order chi connectivity index (χ1) is 13.9. The molecule has 3 aromatic rings. The first-order valence-corrected chi connectivity index (χ1v) is 9.09. The fourth-order valence-electron chi connectivity index (χ4n) is 2.48. The first kappa shape index (κ1) is 20.1. The van der Waals surface area contributed by atoms with Gasteiger partial charge in [0.15, 0.2) is 5.69 Å². The molecular weight excluding hydrogens is 441 g/mol. The van der Waals surface area contributed by atoms with E-state index in [0.717, 1.165) is 26.9 Å². The van der Waals surface area contributed by atoms with Gasteiger partial charge in [0.05, 0.1) is 11.9 Å². The highest BCUT2D eigenvalue weighted by Gasteiger charge is 2.20. The van der Waals surface area contributed by atoms with Gasteiger partial charge in [0.1, 0.15) is 17.4 Å². The van der Waals surface area contributed by atoms with Gasteiger partial charge in [-0.25, -0.2) is 9.82 Å². The Morgan fingerprint density at radius 3 is 2.52 bits per heavy atom. The van der Waals surface area contributed by atoms with E-state index in [1.165, 1.54) is 25.3 Å². The number of benzene rings is 2. The Kier molecular flexibility index (Phi) is 5.95. The lowest BCUT2D eigenvalue weighted by Crippen LogP contribution is -2.31. The van der Waals surface area contributed by atoms with Gasteiger partial charge in [-0.3, -0.25) is 9.59 Å². The van der Waals surface area contributed by atoms with Crippen LogP contribution in [0.2, 0.25) is 0 Å². The number of nitriles is 1. The van der Waals surface area contributed by atoms with Crippen molar-refractivity contribution in [2.45, 2.75) is 6.92 Å². The zero-order chi connectivity index (χ0) is 21.0. The van der Waals surface area contributed by atoms with E-state index >= 15 is 0 Å². The third-order valence-electron chi connectivity index (χ3n) is 3.98. The van der Waals surface area contributed by atoms with Gasteiger partial charge >= 0.3 is 0 Å². The zero-order valence-corrected chi connectivity index (χ0v) is 16.6. The van der Waals surface area contributed by atoms with E-state index in [4.69, 9.17) is 0 Å².